The highest BCUT2D eigenvalue weighted by Gasteiger charge is 2.24. The lowest BCUT2D eigenvalue weighted by Crippen LogP contribution is -2.38. The fraction of sp³-hybridized carbons (Fsp3) is 0.389. The molecule has 0 aliphatic carbocycles. The van der Waals surface area contributed by atoms with E-state index in [0.717, 1.165) is 35.5 Å². The van der Waals surface area contributed by atoms with Crippen LogP contribution in [0, 0.1) is 5.53 Å². The first-order valence-electron chi connectivity index (χ1n) is 9.11. The molecule has 160 valence electrons. The number of piperidine rings is 1. The summed E-state index contributed by atoms with van der Waals surface area (Å²) >= 11 is 9.62. The zero-order chi connectivity index (χ0) is 21.7. The van der Waals surface area contributed by atoms with Crippen molar-refractivity contribution in [2.45, 2.75) is 25.9 Å². The van der Waals surface area contributed by atoms with Gasteiger partial charge in [0.25, 0.3) is 0 Å². The molecule has 0 atom stereocenters. The molecule has 2 heterocycles. The summed E-state index contributed by atoms with van der Waals surface area (Å²) in [5.41, 5.74) is 7.37. The highest BCUT2D eigenvalue weighted by atomic mass is 79.9. The van der Waals surface area contributed by atoms with Crippen molar-refractivity contribution in [1.82, 2.24) is 10.3 Å². The third-order valence-corrected chi connectivity index (χ3v) is 5.27. The van der Waals surface area contributed by atoms with E-state index < -0.39 is 12.5 Å². The summed E-state index contributed by atoms with van der Waals surface area (Å²) in [6.45, 7) is 2.57. The van der Waals surface area contributed by atoms with Crippen LogP contribution in [-0.2, 0) is 4.79 Å². The zero-order valence-corrected chi connectivity index (χ0v) is 18.4. The highest BCUT2D eigenvalue weighted by molar-refractivity contribution is 9.10. The fourth-order valence-corrected chi connectivity index (χ4v) is 3.47. The molecule has 0 saturated carbocycles. The van der Waals surface area contributed by atoms with Crippen molar-refractivity contribution in [3.8, 4) is 5.75 Å². The number of hydrogen-bond donors (Lipinski definition) is 2. The van der Waals surface area contributed by atoms with E-state index in [1.165, 1.54) is 0 Å². The van der Waals surface area contributed by atoms with Crippen molar-refractivity contribution in [2.75, 3.05) is 24.5 Å². The Morgan fingerprint density at radius 1 is 1.47 bits per heavy atom. The number of nitrogens with one attached hydrogen (secondary N) is 1. The standard InChI is InChI=1S/C18H20BrClN6O4/c1-11(22-26(24-21)10-18(27)28)15-9-17(23-30-15)25-6-4-13(5-7-25)29-16-8-12(19)2-3-14(16)20/h2-3,8-9,13,21H,4-7,10H2,1H3,(H,27,28)/b22-11+,24-21?. The Hall–Kier alpha value is -2.66. The van der Waals surface area contributed by atoms with Gasteiger partial charge < -0.3 is 19.3 Å². The molecule has 1 aromatic heterocycles. The van der Waals surface area contributed by atoms with E-state index in [2.05, 4.69) is 36.3 Å². The Labute approximate surface area is 186 Å². The number of carbonyl (C=O) groups is 1. The number of halogens is 2. The van der Waals surface area contributed by atoms with Gasteiger partial charge in [-0.15, -0.1) is 0 Å². The summed E-state index contributed by atoms with van der Waals surface area (Å²) in [5, 5.41) is 21.2. The Kier molecular flexibility index (Phi) is 7.27. The van der Waals surface area contributed by atoms with E-state index >= 15 is 0 Å². The molecule has 0 unspecified atom stereocenters. The number of ether oxygens (including phenoxy) is 1. The Balaban J connectivity index is 1.59. The second-order valence-electron chi connectivity index (χ2n) is 6.64. The predicted octanol–water partition coefficient (Wildman–Crippen LogP) is 4.19. The first-order valence-corrected chi connectivity index (χ1v) is 10.3. The predicted molar refractivity (Wildman–Crippen MR) is 113 cm³/mol. The molecular formula is C18H20BrClN6O4. The maximum absolute atomic E-state index is 10.8. The van der Waals surface area contributed by atoms with Gasteiger partial charge in [-0.25, -0.2) is 0 Å². The van der Waals surface area contributed by atoms with Gasteiger partial charge in [-0.05, 0) is 25.1 Å². The van der Waals surface area contributed by atoms with Crippen LogP contribution in [0.5, 0.6) is 5.75 Å². The number of carboxylic acid groups (broad SMARTS) is 1. The van der Waals surface area contributed by atoms with E-state index in [1.807, 2.05) is 12.1 Å². The van der Waals surface area contributed by atoms with Gasteiger partial charge in [0.15, 0.2) is 18.1 Å². The molecule has 1 aliphatic heterocycles. The number of benzene rings is 1. The van der Waals surface area contributed by atoms with Crippen LogP contribution in [0.1, 0.15) is 25.5 Å². The first-order chi connectivity index (χ1) is 14.4. The summed E-state index contributed by atoms with van der Waals surface area (Å²) in [7, 11) is 0. The van der Waals surface area contributed by atoms with Gasteiger partial charge >= 0.3 is 5.97 Å². The Morgan fingerprint density at radius 3 is 2.87 bits per heavy atom. The summed E-state index contributed by atoms with van der Waals surface area (Å²) < 4.78 is 12.3. The first kappa shape index (κ1) is 22.0. The van der Waals surface area contributed by atoms with Crippen molar-refractivity contribution in [1.29, 1.82) is 5.53 Å². The molecule has 12 heteroatoms. The molecule has 1 fully saturated rings. The van der Waals surface area contributed by atoms with Crippen molar-refractivity contribution in [3.63, 3.8) is 0 Å². The van der Waals surface area contributed by atoms with Crippen LogP contribution >= 0.6 is 27.5 Å². The van der Waals surface area contributed by atoms with E-state index in [4.69, 9.17) is 31.5 Å². The van der Waals surface area contributed by atoms with Gasteiger partial charge in [0.05, 0.1) is 5.02 Å². The topological polar surface area (TPSA) is 128 Å². The molecule has 30 heavy (non-hydrogen) atoms. The number of aliphatic carboxylic acids is 1. The maximum Gasteiger partial charge on any atom is 0.327 e. The van der Waals surface area contributed by atoms with E-state index in [-0.39, 0.29) is 6.10 Å². The number of aromatic nitrogens is 1. The van der Waals surface area contributed by atoms with E-state index in [9.17, 15) is 4.79 Å². The number of anilines is 1. The maximum atomic E-state index is 10.8. The smallest absolute Gasteiger partial charge is 0.327 e. The molecule has 2 aromatic rings. The number of carboxylic acids is 1. The van der Waals surface area contributed by atoms with Crippen molar-refractivity contribution >= 4 is 45.0 Å². The molecule has 0 amide bonds. The lowest BCUT2D eigenvalue weighted by Gasteiger charge is -2.32. The molecule has 1 saturated heterocycles. The minimum absolute atomic E-state index is 0.0472. The van der Waals surface area contributed by atoms with Crippen LogP contribution < -0.4 is 9.64 Å². The average molecular weight is 500 g/mol. The van der Waals surface area contributed by atoms with E-state index in [0.29, 0.717) is 28.1 Å². The van der Waals surface area contributed by atoms with Crippen LogP contribution in [-0.4, -0.2) is 52.8 Å². The second-order valence-corrected chi connectivity index (χ2v) is 7.96. The summed E-state index contributed by atoms with van der Waals surface area (Å²) in [6, 6.07) is 7.25. The number of nitrogens with zero attached hydrogens (tertiary/aromatic N) is 5. The van der Waals surface area contributed by atoms with Crippen molar-refractivity contribution < 1.29 is 19.2 Å². The largest absolute Gasteiger partial charge is 0.489 e. The molecule has 3 rings (SSSR count). The van der Waals surface area contributed by atoms with Crippen LogP contribution in [0.2, 0.25) is 5.02 Å². The molecule has 1 aromatic carbocycles. The van der Waals surface area contributed by atoms with Gasteiger partial charge in [0.1, 0.15) is 17.6 Å². The molecule has 2 N–H and O–H groups in total. The quantitative estimate of drug-likeness (QED) is 0.316. The molecule has 1 aliphatic rings. The molecular weight excluding hydrogens is 480 g/mol. The molecule has 0 bridgehead atoms. The fourth-order valence-electron chi connectivity index (χ4n) is 2.97. The van der Waals surface area contributed by atoms with Gasteiger partial charge in [0.2, 0.25) is 0 Å². The Morgan fingerprint density at radius 2 is 2.20 bits per heavy atom. The van der Waals surface area contributed by atoms with Gasteiger partial charge in [0, 0.05) is 36.5 Å². The number of hydrogen-bond acceptors (Lipinski definition) is 8. The number of rotatable bonds is 8. The lowest BCUT2D eigenvalue weighted by atomic mass is 10.1. The minimum Gasteiger partial charge on any atom is -0.489 e. The van der Waals surface area contributed by atoms with Gasteiger partial charge in [-0.1, -0.05) is 37.9 Å². The zero-order valence-electron chi connectivity index (χ0n) is 16.1. The van der Waals surface area contributed by atoms with Crippen molar-refractivity contribution in [3.05, 3.63) is 39.5 Å². The average Bonchev–Trinajstić information content (AvgIpc) is 3.21. The molecule has 0 radical (unpaired) electrons. The third kappa shape index (κ3) is 5.70. The normalized spacial score (nSPS) is 15.2. The lowest BCUT2D eigenvalue weighted by molar-refractivity contribution is -0.138. The molecule has 10 nitrogen and oxygen atoms in total. The number of hydrazone groups is 1. The van der Waals surface area contributed by atoms with Crippen LogP contribution in [0.15, 0.2) is 43.6 Å². The second kappa shape index (κ2) is 9.90. The third-order valence-electron chi connectivity index (χ3n) is 4.46. The van der Waals surface area contributed by atoms with Crippen LogP contribution in [0.4, 0.5) is 5.82 Å². The summed E-state index contributed by atoms with van der Waals surface area (Å²) in [5.74, 6) is 0.551. The summed E-state index contributed by atoms with van der Waals surface area (Å²) in [6.07, 6.45) is 1.63. The van der Waals surface area contributed by atoms with Crippen LogP contribution in [0.25, 0.3) is 0 Å². The SMILES string of the molecule is C/C(=N\N(CC(=O)O)N=N)c1cc(N2CCC(Oc3cc(Br)ccc3Cl)CC2)no1. The van der Waals surface area contributed by atoms with Gasteiger partial charge in [-0.3, -0.25) is 4.79 Å². The highest BCUT2D eigenvalue weighted by Crippen LogP contribution is 2.31. The van der Waals surface area contributed by atoms with Crippen molar-refractivity contribution in [2.24, 2.45) is 10.3 Å². The Bertz CT molecular complexity index is 945. The van der Waals surface area contributed by atoms with Gasteiger partial charge in [-0.2, -0.15) is 15.8 Å². The monoisotopic (exact) mass is 498 g/mol. The molecule has 0 spiro atoms. The van der Waals surface area contributed by atoms with Crippen LogP contribution in [0.3, 0.4) is 0 Å². The van der Waals surface area contributed by atoms with E-state index in [1.54, 1.807) is 19.1 Å². The summed E-state index contributed by atoms with van der Waals surface area (Å²) in [4.78, 5) is 12.8. The minimum atomic E-state index is -1.14.